The number of ether oxygens (including phenoxy) is 1. The van der Waals surface area contributed by atoms with Gasteiger partial charge in [0.2, 0.25) is 10.0 Å². The zero-order valence-electron chi connectivity index (χ0n) is 14.9. The van der Waals surface area contributed by atoms with Crippen molar-refractivity contribution >= 4 is 21.7 Å². The lowest BCUT2D eigenvalue weighted by molar-refractivity contribution is 0.0600. The van der Waals surface area contributed by atoms with Crippen LogP contribution in [-0.2, 0) is 14.8 Å². The topological polar surface area (TPSA) is 93.0 Å². The fourth-order valence-corrected chi connectivity index (χ4v) is 4.80. The molecule has 0 atom stereocenters. The highest BCUT2D eigenvalue weighted by molar-refractivity contribution is 7.89. The van der Waals surface area contributed by atoms with Gasteiger partial charge in [-0.25, -0.2) is 13.2 Å². The first-order valence-corrected chi connectivity index (χ1v) is 9.65. The number of methoxy groups -OCH3 is 1. The van der Waals surface area contributed by atoms with Crippen molar-refractivity contribution in [2.24, 2.45) is 0 Å². The summed E-state index contributed by atoms with van der Waals surface area (Å²) in [6.45, 7) is 5.07. The van der Waals surface area contributed by atoms with Crippen LogP contribution in [-0.4, -0.2) is 57.1 Å². The van der Waals surface area contributed by atoms with Gasteiger partial charge in [0.05, 0.1) is 12.7 Å². The third-order valence-corrected chi connectivity index (χ3v) is 6.60. The van der Waals surface area contributed by atoms with E-state index in [4.69, 9.17) is 4.52 Å². The maximum absolute atomic E-state index is 12.8. The Bertz CT molecular complexity index is 877. The molecule has 3 rings (SSSR count). The molecule has 1 aliphatic heterocycles. The summed E-state index contributed by atoms with van der Waals surface area (Å²) < 4.78 is 36.8. The molecule has 26 heavy (non-hydrogen) atoms. The van der Waals surface area contributed by atoms with E-state index in [9.17, 15) is 13.2 Å². The van der Waals surface area contributed by atoms with Crippen LogP contribution in [0.3, 0.4) is 0 Å². The van der Waals surface area contributed by atoms with Crippen LogP contribution >= 0.6 is 0 Å². The lowest BCUT2D eigenvalue weighted by Gasteiger charge is -2.35. The summed E-state index contributed by atoms with van der Waals surface area (Å²) in [5, 5.41) is 3.74. The van der Waals surface area contributed by atoms with E-state index in [2.05, 4.69) is 14.8 Å². The zero-order valence-corrected chi connectivity index (χ0v) is 15.7. The van der Waals surface area contributed by atoms with E-state index >= 15 is 0 Å². The van der Waals surface area contributed by atoms with Crippen LogP contribution in [0.4, 0.5) is 5.69 Å². The van der Waals surface area contributed by atoms with Crippen molar-refractivity contribution in [2.45, 2.75) is 18.7 Å². The van der Waals surface area contributed by atoms with Crippen LogP contribution in [0.25, 0.3) is 0 Å². The second-order valence-corrected chi connectivity index (χ2v) is 7.96. The van der Waals surface area contributed by atoms with Crippen LogP contribution in [0, 0.1) is 13.8 Å². The Hall–Kier alpha value is -2.39. The molecule has 8 nitrogen and oxygen atoms in total. The Morgan fingerprint density at radius 2 is 1.73 bits per heavy atom. The number of carbonyl (C=O) groups excluding carboxylic acids is 1. The second-order valence-electron chi connectivity index (χ2n) is 6.08. The Morgan fingerprint density at radius 1 is 1.12 bits per heavy atom. The summed E-state index contributed by atoms with van der Waals surface area (Å²) in [4.78, 5) is 13.7. The first kappa shape index (κ1) is 18.4. The van der Waals surface area contributed by atoms with E-state index in [0.717, 1.165) is 5.69 Å². The lowest BCUT2D eigenvalue weighted by atomic mass is 10.2. The van der Waals surface area contributed by atoms with Crippen LogP contribution in [0.1, 0.15) is 21.8 Å². The number of hydrogen-bond acceptors (Lipinski definition) is 7. The smallest absolute Gasteiger partial charge is 0.337 e. The molecule has 0 bridgehead atoms. The first-order chi connectivity index (χ1) is 12.3. The van der Waals surface area contributed by atoms with E-state index < -0.39 is 10.0 Å². The van der Waals surface area contributed by atoms with Crippen LogP contribution in [0.15, 0.2) is 33.7 Å². The minimum Gasteiger partial charge on any atom is -0.465 e. The molecule has 1 aliphatic rings. The molecule has 1 aromatic heterocycles. The van der Waals surface area contributed by atoms with Crippen LogP contribution in [0.5, 0.6) is 0 Å². The Balaban J connectivity index is 1.70. The quantitative estimate of drug-likeness (QED) is 0.745. The largest absolute Gasteiger partial charge is 0.465 e. The van der Waals surface area contributed by atoms with E-state index in [1.165, 1.54) is 11.4 Å². The fraction of sp³-hybridized carbons (Fsp3) is 0.412. The SMILES string of the molecule is COC(=O)c1ccc(N2CCN(S(=O)(=O)c3c(C)noc3C)CC2)cc1. The van der Waals surface area contributed by atoms with E-state index in [0.29, 0.717) is 43.2 Å². The predicted octanol–water partition coefficient (Wildman–Crippen LogP) is 1.59. The molecule has 1 aromatic carbocycles. The maximum atomic E-state index is 12.8. The van der Waals surface area contributed by atoms with Gasteiger partial charge in [-0.15, -0.1) is 0 Å². The number of nitrogens with zero attached hydrogens (tertiary/aromatic N) is 3. The monoisotopic (exact) mass is 379 g/mol. The van der Waals surface area contributed by atoms with Gasteiger partial charge in [0.25, 0.3) is 0 Å². The molecular formula is C17H21N3O5S. The highest BCUT2D eigenvalue weighted by Crippen LogP contribution is 2.25. The molecule has 0 saturated carbocycles. The van der Waals surface area contributed by atoms with E-state index in [1.54, 1.807) is 26.0 Å². The molecule has 0 radical (unpaired) electrons. The molecule has 0 unspecified atom stereocenters. The molecule has 2 heterocycles. The van der Waals surface area contributed by atoms with Gasteiger partial charge < -0.3 is 14.2 Å². The highest BCUT2D eigenvalue weighted by atomic mass is 32.2. The van der Waals surface area contributed by atoms with Crippen molar-refractivity contribution in [3.8, 4) is 0 Å². The van der Waals surface area contributed by atoms with Gasteiger partial charge in [0.15, 0.2) is 5.76 Å². The summed E-state index contributed by atoms with van der Waals surface area (Å²) in [7, 11) is -2.28. The molecule has 140 valence electrons. The number of benzene rings is 1. The van der Waals surface area contributed by atoms with Crippen molar-refractivity contribution in [3.63, 3.8) is 0 Å². The van der Waals surface area contributed by atoms with Crippen LogP contribution in [0.2, 0.25) is 0 Å². The Kier molecular flexibility index (Phi) is 5.01. The predicted molar refractivity (Wildman–Crippen MR) is 94.7 cm³/mol. The van der Waals surface area contributed by atoms with Crippen LogP contribution < -0.4 is 4.90 Å². The normalized spacial score (nSPS) is 15.9. The molecular weight excluding hydrogens is 358 g/mol. The van der Waals surface area contributed by atoms with Gasteiger partial charge in [-0.05, 0) is 38.1 Å². The van der Waals surface area contributed by atoms with Gasteiger partial charge >= 0.3 is 5.97 Å². The summed E-state index contributed by atoms with van der Waals surface area (Å²) in [5.41, 5.74) is 1.80. The summed E-state index contributed by atoms with van der Waals surface area (Å²) in [5.74, 6) is -0.0738. The van der Waals surface area contributed by atoms with Gasteiger partial charge in [-0.3, -0.25) is 0 Å². The summed E-state index contributed by atoms with van der Waals surface area (Å²) in [6.07, 6.45) is 0. The van der Waals surface area contributed by atoms with Gasteiger partial charge in [-0.2, -0.15) is 4.31 Å². The summed E-state index contributed by atoms with van der Waals surface area (Å²) in [6, 6.07) is 7.08. The third kappa shape index (κ3) is 3.32. The van der Waals surface area contributed by atoms with E-state index in [1.807, 2.05) is 12.1 Å². The number of aromatic nitrogens is 1. The van der Waals surface area contributed by atoms with Crippen molar-refractivity contribution in [3.05, 3.63) is 41.3 Å². The number of rotatable bonds is 4. The molecule has 1 fully saturated rings. The van der Waals surface area contributed by atoms with Crippen molar-refractivity contribution < 1.29 is 22.5 Å². The molecule has 0 spiro atoms. The number of piperazine rings is 1. The number of sulfonamides is 1. The Morgan fingerprint density at radius 3 is 2.23 bits per heavy atom. The zero-order chi connectivity index (χ0) is 18.9. The minimum atomic E-state index is -3.62. The van der Waals surface area contributed by atoms with Crippen molar-refractivity contribution in [1.82, 2.24) is 9.46 Å². The number of esters is 1. The fourth-order valence-electron chi connectivity index (χ4n) is 3.08. The Labute approximate surface area is 152 Å². The number of aryl methyl sites for hydroxylation is 2. The minimum absolute atomic E-state index is 0.161. The van der Waals surface area contributed by atoms with E-state index in [-0.39, 0.29) is 10.9 Å². The molecule has 0 N–H and O–H groups in total. The lowest BCUT2D eigenvalue weighted by Crippen LogP contribution is -2.48. The van der Waals surface area contributed by atoms with Crippen molar-refractivity contribution in [2.75, 3.05) is 38.2 Å². The molecule has 9 heteroatoms. The van der Waals surface area contributed by atoms with Gasteiger partial charge in [0.1, 0.15) is 10.6 Å². The van der Waals surface area contributed by atoms with Crippen molar-refractivity contribution in [1.29, 1.82) is 0 Å². The molecule has 0 amide bonds. The second kappa shape index (κ2) is 7.08. The first-order valence-electron chi connectivity index (χ1n) is 8.21. The average Bonchev–Trinajstić information content (AvgIpc) is 3.00. The summed E-state index contributed by atoms with van der Waals surface area (Å²) >= 11 is 0. The number of hydrogen-bond donors (Lipinski definition) is 0. The number of anilines is 1. The van der Waals surface area contributed by atoms with Gasteiger partial charge in [-0.1, -0.05) is 5.16 Å². The third-order valence-electron chi connectivity index (χ3n) is 4.46. The highest BCUT2D eigenvalue weighted by Gasteiger charge is 2.33. The van der Waals surface area contributed by atoms with Gasteiger partial charge in [0, 0.05) is 31.9 Å². The average molecular weight is 379 g/mol. The standard InChI is InChI=1S/C17H21N3O5S/c1-12-16(13(2)25-18-12)26(22,23)20-10-8-19(9-11-20)15-6-4-14(5-7-15)17(21)24-3/h4-7H,8-11H2,1-3H3. The maximum Gasteiger partial charge on any atom is 0.337 e. The molecule has 2 aromatic rings. The molecule has 1 saturated heterocycles. The number of carbonyl (C=O) groups is 1. The molecule has 0 aliphatic carbocycles.